The van der Waals surface area contributed by atoms with Gasteiger partial charge < -0.3 is 4.74 Å². The molecule has 0 amide bonds. The van der Waals surface area contributed by atoms with Crippen LogP contribution in [0.5, 0.6) is 0 Å². The average Bonchev–Trinajstić information content (AvgIpc) is 2.67. The van der Waals surface area contributed by atoms with Crippen molar-refractivity contribution in [3.8, 4) is 0 Å². The molecule has 6 atom stereocenters. The lowest BCUT2D eigenvalue weighted by Gasteiger charge is -2.50. The molecule has 0 spiro atoms. The molecule has 2 nitrogen and oxygen atoms in total. The predicted octanol–water partition coefficient (Wildman–Crippen LogP) is 6.91. The summed E-state index contributed by atoms with van der Waals surface area (Å²) in [5.74, 6) is 4.81. The van der Waals surface area contributed by atoms with Crippen LogP contribution < -0.4 is 0 Å². The van der Waals surface area contributed by atoms with Crippen molar-refractivity contribution in [3.63, 3.8) is 0 Å². The molecule has 0 N–H and O–H groups in total. The molecule has 0 radical (unpaired) electrons. The van der Waals surface area contributed by atoms with Crippen LogP contribution in [0.2, 0.25) is 0 Å². The smallest absolute Gasteiger partial charge is 0.305 e. The van der Waals surface area contributed by atoms with E-state index < -0.39 is 0 Å². The van der Waals surface area contributed by atoms with Gasteiger partial charge in [0.05, 0.1) is 0 Å². The van der Waals surface area contributed by atoms with Gasteiger partial charge in [0.25, 0.3) is 0 Å². The molecule has 0 aliphatic heterocycles. The van der Waals surface area contributed by atoms with Crippen LogP contribution in [0.25, 0.3) is 0 Å². The highest BCUT2D eigenvalue weighted by atomic mass is 16.5. The van der Waals surface area contributed by atoms with Gasteiger partial charge in [-0.2, -0.15) is 0 Å². The fourth-order valence-corrected chi connectivity index (χ4v) is 6.52. The monoisotopic (exact) mass is 362 g/mol. The number of ether oxygens (including phenoxy) is 1. The Morgan fingerprint density at radius 1 is 0.808 bits per heavy atom. The van der Waals surface area contributed by atoms with E-state index >= 15 is 0 Å². The Morgan fingerprint density at radius 2 is 1.50 bits per heavy atom. The van der Waals surface area contributed by atoms with Gasteiger partial charge in [-0.15, -0.1) is 0 Å². The lowest BCUT2D eigenvalue weighted by atomic mass is 9.56. The molecule has 3 aliphatic rings. The minimum Gasteiger partial charge on any atom is -0.462 e. The van der Waals surface area contributed by atoms with Crippen molar-refractivity contribution in [2.75, 3.05) is 0 Å². The molecule has 2 heteroatoms. The summed E-state index contributed by atoms with van der Waals surface area (Å²) in [6.45, 7) is 4.21. The summed E-state index contributed by atoms with van der Waals surface area (Å²) in [6.07, 6.45) is 20.3. The second-order valence-electron chi connectivity index (χ2n) is 9.59. The number of rotatable bonds is 8. The summed E-state index contributed by atoms with van der Waals surface area (Å²) in [7, 11) is 0. The van der Waals surface area contributed by atoms with Crippen LogP contribution in [0.1, 0.15) is 110 Å². The first-order valence-electron chi connectivity index (χ1n) is 11.9. The Labute approximate surface area is 161 Å². The van der Waals surface area contributed by atoms with Crippen LogP contribution >= 0.6 is 0 Å². The molecule has 3 saturated carbocycles. The molecule has 0 bridgehead atoms. The highest BCUT2D eigenvalue weighted by Gasteiger charge is 2.44. The molecule has 3 rings (SSSR count). The molecular weight excluding hydrogens is 320 g/mol. The number of hydrogen-bond acceptors (Lipinski definition) is 2. The van der Waals surface area contributed by atoms with E-state index in [0.717, 1.165) is 42.4 Å². The zero-order chi connectivity index (χ0) is 18.4. The molecule has 6 unspecified atom stereocenters. The molecular formula is C24H42O2. The predicted molar refractivity (Wildman–Crippen MR) is 108 cm³/mol. The summed E-state index contributed by atoms with van der Waals surface area (Å²) in [5, 5.41) is 0. The molecule has 0 aromatic rings. The van der Waals surface area contributed by atoms with E-state index in [4.69, 9.17) is 4.74 Å². The quantitative estimate of drug-likeness (QED) is 0.346. The van der Waals surface area contributed by atoms with Gasteiger partial charge >= 0.3 is 5.97 Å². The van der Waals surface area contributed by atoms with Crippen LogP contribution in [0.3, 0.4) is 0 Å². The van der Waals surface area contributed by atoms with E-state index in [1.54, 1.807) is 0 Å². The fourth-order valence-electron chi connectivity index (χ4n) is 6.52. The molecule has 0 aromatic heterocycles. The first kappa shape index (κ1) is 20.2. The number of carbonyl (C=O) groups is 1. The second kappa shape index (κ2) is 10.1. The van der Waals surface area contributed by atoms with E-state index in [2.05, 4.69) is 6.92 Å². The SMILES string of the molecule is CCCCCCCC1CCC2C(CCC3CC(OC(=O)CC)CCC32)C1. The third-order valence-corrected chi connectivity index (χ3v) is 7.90. The zero-order valence-electron chi connectivity index (χ0n) is 17.4. The van der Waals surface area contributed by atoms with Crippen molar-refractivity contribution >= 4 is 5.97 Å². The Bertz CT molecular complexity index is 432. The summed E-state index contributed by atoms with van der Waals surface area (Å²) >= 11 is 0. The minimum atomic E-state index is 0.00146. The van der Waals surface area contributed by atoms with Crippen LogP contribution in [0.4, 0.5) is 0 Å². The minimum absolute atomic E-state index is 0.00146. The van der Waals surface area contributed by atoms with E-state index in [9.17, 15) is 4.79 Å². The van der Waals surface area contributed by atoms with Gasteiger partial charge in [-0.05, 0) is 74.5 Å². The molecule has 0 saturated heterocycles. The van der Waals surface area contributed by atoms with Crippen molar-refractivity contribution in [2.24, 2.45) is 29.6 Å². The van der Waals surface area contributed by atoms with Crippen LogP contribution in [-0.2, 0) is 9.53 Å². The first-order chi connectivity index (χ1) is 12.7. The molecule has 0 heterocycles. The van der Waals surface area contributed by atoms with E-state index in [1.165, 1.54) is 77.0 Å². The summed E-state index contributed by atoms with van der Waals surface area (Å²) < 4.78 is 5.68. The van der Waals surface area contributed by atoms with Gasteiger partial charge in [0, 0.05) is 6.42 Å². The van der Waals surface area contributed by atoms with E-state index in [1.807, 2.05) is 6.92 Å². The lowest BCUT2D eigenvalue weighted by Crippen LogP contribution is -2.43. The molecule has 26 heavy (non-hydrogen) atoms. The van der Waals surface area contributed by atoms with E-state index in [-0.39, 0.29) is 12.1 Å². The third kappa shape index (κ3) is 5.26. The Hall–Kier alpha value is -0.530. The maximum atomic E-state index is 11.6. The topological polar surface area (TPSA) is 26.3 Å². The van der Waals surface area contributed by atoms with Crippen molar-refractivity contribution < 1.29 is 9.53 Å². The van der Waals surface area contributed by atoms with E-state index in [0.29, 0.717) is 6.42 Å². The van der Waals surface area contributed by atoms with Gasteiger partial charge in [-0.25, -0.2) is 0 Å². The van der Waals surface area contributed by atoms with Gasteiger partial charge in [0.15, 0.2) is 0 Å². The van der Waals surface area contributed by atoms with Crippen molar-refractivity contribution in [1.82, 2.24) is 0 Å². The summed E-state index contributed by atoms with van der Waals surface area (Å²) in [5.41, 5.74) is 0. The number of fused-ring (bicyclic) bond motifs is 3. The normalized spacial score (nSPS) is 36.8. The molecule has 150 valence electrons. The summed E-state index contributed by atoms with van der Waals surface area (Å²) in [6, 6.07) is 0. The third-order valence-electron chi connectivity index (χ3n) is 7.90. The Balaban J connectivity index is 1.42. The van der Waals surface area contributed by atoms with Gasteiger partial charge in [0.2, 0.25) is 0 Å². The van der Waals surface area contributed by atoms with Crippen molar-refractivity contribution in [2.45, 2.75) is 116 Å². The van der Waals surface area contributed by atoms with Gasteiger partial charge in [-0.1, -0.05) is 58.8 Å². The van der Waals surface area contributed by atoms with Crippen LogP contribution in [0.15, 0.2) is 0 Å². The molecule has 0 aromatic carbocycles. The number of unbranched alkanes of at least 4 members (excludes halogenated alkanes) is 4. The number of esters is 1. The standard InChI is InChI=1S/C24H42O2/c1-3-5-6-7-8-9-18-10-14-22-19(16-18)11-12-20-17-21(13-15-23(20)22)26-24(25)4-2/h18-23H,3-17H2,1-2H3. The summed E-state index contributed by atoms with van der Waals surface area (Å²) in [4.78, 5) is 11.6. The maximum absolute atomic E-state index is 11.6. The van der Waals surface area contributed by atoms with Gasteiger partial charge in [0.1, 0.15) is 6.10 Å². The Kier molecular flexibility index (Phi) is 7.88. The van der Waals surface area contributed by atoms with Crippen molar-refractivity contribution in [3.05, 3.63) is 0 Å². The number of hydrogen-bond donors (Lipinski definition) is 0. The zero-order valence-corrected chi connectivity index (χ0v) is 17.4. The molecule has 3 fully saturated rings. The first-order valence-corrected chi connectivity index (χ1v) is 11.9. The number of carbonyl (C=O) groups excluding carboxylic acids is 1. The Morgan fingerprint density at radius 3 is 2.23 bits per heavy atom. The van der Waals surface area contributed by atoms with Crippen molar-refractivity contribution in [1.29, 1.82) is 0 Å². The van der Waals surface area contributed by atoms with Crippen LogP contribution in [0, 0.1) is 29.6 Å². The fraction of sp³-hybridized carbons (Fsp3) is 0.958. The van der Waals surface area contributed by atoms with Crippen LogP contribution in [-0.4, -0.2) is 12.1 Å². The van der Waals surface area contributed by atoms with Gasteiger partial charge in [-0.3, -0.25) is 4.79 Å². The maximum Gasteiger partial charge on any atom is 0.305 e. The highest BCUT2D eigenvalue weighted by Crippen LogP contribution is 2.53. The lowest BCUT2D eigenvalue weighted by molar-refractivity contribution is -0.153. The highest BCUT2D eigenvalue weighted by molar-refractivity contribution is 5.69. The largest absolute Gasteiger partial charge is 0.462 e. The molecule has 3 aliphatic carbocycles. The average molecular weight is 363 g/mol. The second-order valence-corrected chi connectivity index (χ2v) is 9.59.